The maximum Gasteiger partial charge on any atom is 0.224 e. The van der Waals surface area contributed by atoms with Gasteiger partial charge in [0.25, 0.3) is 0 Å². The highest BCUT2D eigenvalue weighted by Crippen LogP contribution is 2.45. The molecule has 4 heteroatoms. The van der Waals surface area contributed by atoms with Crippen LogP contribution in [0.1, 0.15) is 40.5 Å². The van der Waals surface area contributed by atoms with Crippen molar-refractivity contribution in [2.75, 3.05) is 13.7 Å². The predicted octanol–water partition coefficient (Wildman–Crippen LogP) is 1.39. The smallest absolute Gasteiger partial charge is 0.224 e. The molecular weight excluding hydrogens is 216 g/mol. The monoisotopic (exact) mass is 242 g/mol. The van der Waals surface area contributed by atoms with E-state index in [9.17, 15) is 4.79 Å². The van der Waals surface area contributed by atoms with E-state index in [0.717, 1.165) is 13.0 Å². The van der Waals surface area contributed by atoms with Crippen LogP contribution in [0.4, 0.5) is 0 Å². The lowest BCUT2D eigenvalue weighted by atomic mass is 9.63. The largest absolute Gasteiger partial charge is 0.378 e. The highest BCUT2D eigenvalue weighted by molar-refractivity contribution is 5.77. The zero-order valence-corrected chi connectivity index (χ0v) is 11.7. The Hall–Kier alpha value is -0.610. The molecule has 2 N–H and O–H groups in total. The molecule has 3 atom stereocenters. The number of carbonyl (C=O) groups is 1. The van der Waals surface area contributed by atoms with Gasteiger partial charge in [-0.2, -0.15) is 0 Å². The van der Waals surface area contributed by atoms with Crippen LogP contribution in [0.15, 0.2) is 0 Å². The third kappa shape index (κ3) is 2.99. The molecule has 0 bridgehead atoms. The Kier molecular flexibility index (Phi) is 4.55. The first-order chi connectivity index (χ1) is 7.80. The fraction of sp³-hybridized carbons (Fsp3) is 0.923. The van der Waals surface area contributed by atoms with E-state index >= 15 is 0 Å². The van der Waals surface area contributed by atoms with Crippen molar-refractivity contribution < 1.29 is 9.53 Å². The maximum absolute atomic E-state index is 11.9. The topological polar surface area (TPSA) is 55.6 Å². The van der Waals surface area contributed by atoms with Crippen LogP contribution in [0.3, 0.4) is 0 Å². The maximum atomic E-state index is 11.9. The molecule has 3 unspecified atom stereocenters. The van der Waals surface area contributed by atoms with Gasteiger partial charge < -0.3 is 15.4 Å². The van der Waals surface area contributed by atoms with Crippen molar-refractivity contribution in [2.24, 2.45) is 11.1 Å². The van der Waals surface area contributed by atoms with Crippen molar-refractivity contribution in [1.29, 1.82) is 0 Å². The number of hydrogen-bond acceptors (Lipinski definition) is 3. The average Bonchev–Trinajstić information content (AvgIpc) is 2.21. The molecule has 0 aromatic rings. The Bertz CT molecular complexity index is 277. The average molecular weight is 242 g/mol. The number of amides is 1. The minimum Gasteiger partial charge on any atom is -0.378 e. The fourth-order valence-electron chi connectivity index (χ4n) is 2.60. The quantitative estimate of drug-likeness (QED) is 0.792. The minimum absolute atomic E-state index is 0.0399. The van der Waals surface area contributed by atoms with Crippen LogP contribution in [-0.4, -0.2) is 42.6 Å². The summed E-state index contributed by atoms with van der Waals surface area (Å²) in [5, 5.41) is 0. The molecule has 1 aliphatic rings. The number of nitrogens with zero attached hydrogens (tertiary/aromatic N) is 1. The predicted molar refractivity (Wildman–Crippen MR) is 68.6 cm³/mol. The number of rotatable bonds is 5. The summed E-state index contributed by atoms with van der Waals surface area (Å²) in [5.74, 6) is 0.132. The molecule has 0 spiro atoms. The highest BCUT2D eigenvalue weighted by atomic mass is 16.5. The first-order valence-corrected chi connectivity index (χ1v) is 6.43. The van der Waals surface area contributed by atoms with Crippen molar-refractivity contribution in [2.45, 2.75) is 58.7 Å². The van der Waals surface area contributed by atoms with Crippen LogP contribution in [0.2, 0.25) is 0 Å². The van der Waals surface area contributed by atoms with Crippen LogP contribution < -0.4 is 5.73 Å². The van der Waals surface area contributed by atoms with Crippen LogP contribution >= 0.6 is 0 Å². The first-order valence-electron chi connectivity index (χ1n) is 6.43. The molecule has 1 fully saturated rings. The number of hydrogen-bond donors (Lipinski definition) is 1. The molecule has 1 saturated carbocycles. The van der Waals surface area contributed by atoms with E-state index in [2.05, 4.69) is 13.8 Å². The van der Waals surface area contributed by atoms with Gasteiger partial charge in [0.05, 0.1) is 6.10 Å². The lowest BCUT2D eigenvalue weighted by Crippen LogP contribution is -2.62. The van der Waals surface area contributed by atoms with Crippen molar-refractivity contribution >= 4 is 5.91 Å². The second-order valence-corrected chi connectivity index (χ2v) is 5.70. The normalized spacial score (nSPS) is 28.4. The summed E-state index contributed by atoms with van der Waals surface area (Å²) >= 11 is 0. The molecule has 1 amide bonds. The van der Waals surface area contributed by atoms with E-state index in [4.69, 9.17) is 10.5 Å². The molecule has 0 aliphatic heterocycles. The van der Waals surface area contributed by atoms with Gasteiger partial charge in [-0.3, -0.25) is 4.79 Å². The standard InChI is InChI=1S/C13H26N2O2/c1-6-17-11-8-10(13(11,3)4)15(5)12(16)7-9(2)14/h9-11H,6-8,14H2,1-5H3. The van der Waals surface area contributed by atoms with Gasteiger partial charge in [0.1, 0.15) is 0 Å². The molecular formula is C13H26N2O2. The van der Waals surface area contributed by atoms with Crippen LogP contribution in [0, 0.1) is 5.41 Å². The fourth-order valence-corrected chi connectivity index (χ4v) is 2.60. The summed E-state index contributed by atoms with van der Waals surface area (Å²) in [7, 11) is 1.87. The molecule has 1 aliphatic carbocycles. The Balaban J connectivity index is 2.55. The van der Waals surface area contributed by atoms with E-state index in [1.807, 2.05) is 25.8 Å². The van der Waals surface area contributed by atoms with Gasteiger partial charge in [-0.25, -0.2) is 0 Å². The molecule has 0 aromatic heterocycles. The van der Waals surface area contributed by atoms with Crippen molar-refractivity contribution in [3.8, 4) is 0 Å². The highest BCUT2D eigenvalue weighted by Gasteiger charge is 2.51. The second-order valence-electron chi connectivity index (χ2n) is 5.70. The number of nitrogens with two attached hydrogens (primary N) is 1. The van der Waals surface area contributed by atoms with Crippen molar-refractivity contribution in [3.63, 3.8) is 0 Å². The van der Waals surface area contributed by atoms with E-state index in [1.54, 1.807) is 0 Å². The summed E-state index contributed by atoms with van der Waals surface area (Å²) in [6.07, 6.45) is 1.62. The third-order valence-electron chi connectivity index (χ3n) is 3.85. The Morgan fingerprint density at radius 1 is 1.59 bits per heavy atom. The van der Waals surface area contributed by atoms with E-state index in [1.165, 1.54) is 0 Å². The van der Waals surface area contributed by atoms with Crippen LogP contribution in [0.25, 0.3) is 0 Å². The Labute approximate surface area is 104 Å². The van der Waals surface area contributed by atoms with Crippen LogP contribution in [0.5, 0.6) is 0 Å². The molecule has 4 nitrogen and oxygen atoms in total. The van der Waals surface area contributed by atoms with Gasteiger partial charge in [0.15, 0.2) is 0 Å². The molecule has 0 saturated heterocycles. The zero-order chi connectivity index (χ0) is 13.2. The van der Waals surface area contributed by atoms with Crippen LogP contribution in [-0.2, 0) is 9.53 Å². The summed E-state index contributed by atoms with van der Waals surface area (Å²) in [4.78, 5) is 13.8. The van der Waals surface area contributed by atoms with Crippen molar-refractivity contribution in [1.82, 2.24) is 4.90 Å². The lowest BCUT2D eigenvalue weighted by molar-refractivity contribution is -0.163. The zero-order valence-electron chi connectivity index (χ0n) is 11.7. The molecule has 17 heavy (non-hydrogen) atoms. The molecule has 100 valence electrons. The van der Waals surface area contributed by atoms with Crippen molar-refractivity contribution in [3.05, 3.63) is 0 Å². The Morgan fingerprint density at radius 3 is 2.59 bits per heavy atom. The van der Waals surface area contributed by atoms with Gasteiger partial charge >= 0.3 is 0 Å². The third-order valence-corrected chi connectivity index (χ3v) is 3.85. The summed E-state index contributed by atoms with van der Waals surface area (Å²) < 4.78 is 5.67. The molecule has 1 rings (SSSR count). The lowest BCUT2D eigenvalue weighted by Gasteiger charge is -2.55. The molecule has 0 heterocycles. The van der Waals surface area contributed by atoms with Gasteiger partial charge in [-0.15, -0.1) is 0 Å². The number of ether oxygens (including phenoxy) is 1. The summed E-state index contributed by atoms with van der Waals surface area (Å²) in [5.41, 5.74) is 5.70. The van der Waals surface area contributed by atoms with Gasteiger partial charge in [-0.1, -0.05) is 13.8 Å². The molecule has 0 radical (unpaired) electrons. The Morgan fingerprint density at radius 2 is 2.18 bits per heavy atom. The van der Waals surface area contributed by atoms with E-state index in [-0.39, 0.29) is 29.5 Å². The van der Waals surface area contributed by atoms with E-state index in [0.29, 0.717) is 6.42 Å². The SMILES string of the molecule is CCOC1CC(N(C)C(=O)CC(C)N)C1(C)C. The van der Waals surface area contributed by atoms with Gasteiger partial charge in [0.2, 0.25) is 5.91 Å². The number of carbonyl (C=O) groups excluding carboxylic acids is 1. The second kappa shape index (κ2) is 5.36. The molecule has 0 aromatic carbocycles. The summed E-state index contributed by atoms with van der Waals surface area (Å²) in [6, 6.07) is 0.195. The van der Waals surface area contributed by atoms with Gasteiger partial charge in [-0.05, 0) is 20.3 Å². The van der Waals surface area contributed by atoms with E-state index < -0.39 is 0 Å². The minimum atomic E-state index is -0.0733. The van der Waals surface area contributed by atoms with Gasteiger partial charge in [0, 0.05) is 37.6 Å². The first kappa shape index (κ1) is 14.5. The summed E-state index contributed by atoms with van der Waals surface area (Å²) in [6.45, 7) is 8.93.